The van der Waals surface area contributed by atoms with Gasteiger partial charge in [-0.2, -0.15) is 0 Å². The summed E-state index contributed by atoms with van der Waals surface area (Å²) in [5.74, 6) is 2.53. The largest absolute Gasteiger partial charge is 0.497 e. The zero-order chi connectivity index (χ0) is 18.8. The lowest BCUT2D eigenvalue weighted by atomic mass is 9.97. The fourth-order valence-electron chi connectivity index (χ4n) is 3.69. The quantitative estimate of drug-likeness (QED) is 0.829. The Bertz CT molecular complexity index is 519. The van der Waals surface area contributed by atoms with Crippen molar-refractivity contribution in [3.63, 3.8) is 0 Å². The zero-order valence-corrected chi connectivity index (χ0v) is 16.3. The summed E-state index contributed by atoms with van der Waals surface area (Å²) in [6, 6.07) is 7.72. The molecule has 0 spiro atoms. The van der Waals surface area contributed by atoms with Crippen LogP contribution in [-0.4, -0.2) is 30.2 Å². The number of carbonyl (C=O) groups is 1. The molecule has 0 amide bonds. The monoisotopic (exact) mass is 362 g/mol. The molecular formula is C22H34O4. The predicted molar refractivity (Wildman–Crippen MR) is 104 cm³/mol. The summed E-state index contributed by atoms with van der Waals surface area (Å²) >= 11 is 0. The number of ketones is 1. The molecule has 0 radical (unpaired) electrons. The zero-order valence-electron chi connectivity index (χ0n) is 16.3. The highest BCUT2D eigenvalue weighted by Crippen LogP contribution is 2.25. The summed E-state index contributed by atoms with van der Waals surface area (Å²) in [6.45, 7) is 2.15. The fourth-order valence-corrected chi connectivity index (χ4v) is 3.69. The lowest BCUT2D eigenvalue weighted by molar-refractivity contribution is -0.119. The summed E-state index contributed by atoms with van der Waals surface area (Å²) in [5, 5.41) is 8.73. The Morgan fingerprint density at radius 1 is 0.962 bits per heavy atom. The van der Waals surface area contributed by atoms with E-state index in [-0.39, 0.29) is 12.2 Å². The average molecular weight is 363 g/mol. The molecule has 0 saturated heterocycles. The first-order valence-corrected chi connectivity index (χ1v) is 10.1. The van der Waals surface area contributed by atoms with E-state index in [2.05, 4.69) is 6.92 Å². The van der Waals surface area contributed by atoms with E-state index in [1.165, 1.54) is 12.8 Å². The van der Waals surface area contributed by atoms with Crippen molar-refractivity contribution < 1.29 is 19.4 Å². The molecule has 1 aromatic rings. The van der Waals surface area contributed by atoms with E-state index in [0.29, 0.717) is 18.1 Å². The fraction of sp³-hybridized carbons (Fsp3) is 0.682. The standard InChI is InChI=1S/C17H24O3.C5H10O/c1-13-11-14(18)5-3-4-6-17(12-13)20-16-9-7-15(19-2)8-10-16;6-5-3-1-2-4-5/h7-10,13,17H,3-6,11-12H2,1-2H3;5-6H,1-4H2. The first-order valence-electron chi connectivity index (χ1n) is 10.1. The van der Waals surface area contributed by atoms with Gasteiger partial charge in [0, 0.05) is 12.8 Å². The van der Waals surface area contributed by atoms with Crippen molar-refractivity contribution in [3.8, 4) is 11.5 Å². The van der Waals surface area contributed by atoms with Gasteiger partial charge >= 0.3 is 0 Å². The van der Waals surface area contributed by atoms with Crippen LogP contribution in [0.15, 0.2) is 24.3 Å². The van der Waals surface area contributed by atoms with Crippen LogP contribution in [-0.2, 0) is 4.79 Å². The second-order valence-corrected chi connectivity index (χ2v) is 7.68. The average Bonchev–Trinajstić information content (AvgIpc) is 3.12. The van der Waals surface area contributed by atoms with Crippen LogP contribution in [0.4, 0.5) is 0 Å². The van der Waals surface area contributed by atoms with E-state index in [1.54, 1.807) is 7.11 Å². The van der Waals surface area contributed by atoms with Crippen LogP contribution in [0, 0.1) is 5.92 Å². The summed E-state index contributed by atoms with van der Waals surface area (Å²) in [5.41, 5.74) is 0. The summed E-state index contributed by atoms with van der Waals surface area (Å²) in [4.78, 5) is 11.7. The van der Waals surface area contributed by atoms with Crippen molar-refractivity contribution in [1.29, 1.82) is 0 Å². The van der Waals surface area contributed by atoms with Crippen LogP contribution in [0.25, 0.3) is 0 Å². The maximum atomic E-state index is 11.7. The Kier molecular flexibility index (Phi) is 8.96. The minimum absolute atomic E-state index is 0.0463. The van der Waals surface area contributed by atoms with Crippen LogP contribution >= 0.6 is 0 Å². The minimum Gasteiger partial charge on any atom is -0.497 e. The lowest BCUT2D eigenvalue weighted by Gasteiger charge is -2.21. The van der Waals surface area contributed by atoms with Gasteiger partial charge in [0.1, 0.15) is 17.3 Å². The van der Waals surface area contributed by atoms with Crippen molar-refractivity contribution in [2.45, 2.75) is 83.3 Å². The normalized spacial score (nSPS) is 24.7. The molecule has 4 nitrogen and oxygen atoms in total. The van der Waals surface area contributed by atoms with Crippen molar-refractivity contribution in [3.05, 3.63) is 24.3 Å². The third-order valence-corrected chi connectivity index (χ3v) is 5.16. The molecule has 0 aliphatic heterocycles. The van der Waals surface area contributed by atoms with Crippen molar-refractivity contribution >= 4 is 5.78 Å². The van der Waals surface area contributed by atoms with E-state index >= 15 is 0 Å². The maximum Gasteiger partial charge on any atom is 0.133 e. The van der Waals surface area contributed by atoms with Crippen LogP contribution in [0.1, 0.15) is 71.1 Å². The molecule has 2 aliphatic carbocycles. The highest BCUT2D eigenvalue weighted by atomic mass is 16.5. The maximum absolute atomic E-state index is 11.7. The smallest absolute Gasteiger partial charge is 0.133 e. The summed E-state index contributed by atoms with van der Waals surface area (Å²) in [7, 11) is 1.66. The Balaban J connectivity index is 0.000000342. The number of hydrogen-bond acceptors (Lipinski definition) is 4. The number of rotatable bonds is 3. The van der Waals surface area contributed by atoms with Gasteiger partial charge in [0.15, 0.2) is 0 Å². The van der Waals surface area contributed by atoms with E-state index in [4.69, 9.17) is 14.6 Å². The van der Waals surface area contributed by atoms with E-state index < -0.39 is 0 Å². The molecule has 26 heavy (non-hydrogen) atoms. The molecular weight excluding hydrogens is 328 g/mol. The summed E-state index contributed by atoms with van der Waals surface area (Å²) in [6.07, 6.45) is 10.3. The van der Waals surface area contributed by atoms with Crippen molar-refractivity contribution in [1.82, 2.24) is 0 Å². The van der Waals surface area contributed by atoms with Gasteiger partial charge in [0.2, 0.25) is 0 Å². The van der Waals surface area contributed by atoms with Gasteiger partial charge in [-0.15, -0.1) is 0 Å². The Morgan fingerprint density at radius 3 is 2.15 bits per heavy atom. The Labute approximate surface area is 157 Å². The molecule has 0 heterocycles. The van der Waals surface area contributed by atoms with E-state index in [1.807, 2.05) is 24.3 Å². The van der Waals surface area contributed by atoms with Crippen LogP contribution < -0.4 is 9.47 Å². The molecule has 2 aliphatic rings. The van der Waals surface area contributed by atoms with Crippen LogP contribution in [0.3, 0.4) is 0 Å². The molecule has 3 rings (SSSR count). The second kappa shape index (κ2) is 11.2. The third kappa shape index (κ3) is 7.77. The molecule has 0 bridgehead atoms. The van der Waals surface area contributed by atoms with Gasteiger partial charge in [0.25, 0.3) is 0 Å². The predicted octanol–water partition coefficient (Wildman–Crippen LogP) is 4.92. The first-order chi connectivity index (χ1) is 12.6. The highest BCUT2D eigenvalue weighted by Gasteiger charge is 2.19. The molecule has 2 saturated carbocycles. The Hall–Kier alpha value is -1.55. The van der Waals surface area contributed by atoms with Gasteiger partial charge in [-0.1, -0.05) is 19.8 Å². The number of hydrogen-bond donors (Lipinski definition) is 1. The summed E-state index contributed by atoms with van der Waals surface area (Å²) < 4.78 is 11.2. The molecule has 1 N–H and O–H groups in total. The number of benzene rings is 1. The molecule has 0 aromatic heterocycles. The molecule has 4 heteroatoms. The number of ether oxygens (including phenoxy) is 2. The van der Waals surface area contributed by atoms with Crippen molar-refractivity contribution in [2.75, 3.05) is 7.11 Å². The minimum atomic E-state index is 0.0463. The SMILES string of the molecule is COc1ccc(OC2CCCCC(=O)CC(C)C2)cc1.OC1CCCC1. The lowest BCUT2D eigenvalue weighted by Crippen LogP contribution is -2.20. The molecule has 146 valence electrons. The second-order valence-electron chi connectivity index (χ2n) is 7.68. The van der Waals surface area contributed by atoms with Gasteiger partial charge in [0.05, 0.1) is 19.3 Å². The number of aliphatic hydroxyl groups excluding tert-OH is 1. The van der Waals surface area contributed by atoms with E-state index in [0.717, 1.165) is 56.4 Å². The third-order valence-electron chi connectivity index (χ3n) is 5.16. The van der Waals surface area contributed by atoms with Crippen molar-refractivity contribution in [2.24, 2.45) is 5.92 Å². The van der Waals surface area contributed by atoms with Crippen LogP contribution in [0.5, 0.6) is 11.5 Å². The topological polar surface area (TPSA) is 55.8 Å². The highest BCUT2D eigenvalue weighted by molar-refractivity contribution is 5.78. The first kappa shape index (κ1) is 20.8. The van der Waals surface area contributed by atoms with E-state index in [9.17, 15) is 4.79 Å². The number of aliphatic hydroxyl groups is 1. The van der Waals surface area contributed by atoms with Crippen LogP contribution in [0.2, 0.25) is 0 Å². The van der Waals surface area contributed by atoms with Gasteiger partial charge < -0.3 is 14.6 Å². The Morgan fingerprint density at radius 2 is 1.58 bits per heavy atom. The number of carbonyl (C=O) groups excluding carboxylic acids is 1. The number of Topliss-reactive ketones (excluding diaryl/α,β-unsaturated/α-hetero) is 1. The molecule has 1 aromatic carbocycles. The molecule has 2 fully saturated rings. The number of methoxy groups -OCH3 is 1. The van der Waals surface area contributed by atoms with Gasteiger partial charge in [-0.05, 0) is 68.7 Å². The molecule has 2 atom stereocenters. The van der Waals surface area contributed by atoms with Gasteiger partial charge in [-0.3, -0.25) is 4.79 Å². The van der Waals surface area contributed by atoms with Gasteiger partial charge in [-0.25, -0.2) is 0 Å². The molecule has 2 unspecified atom stereocenters.